The molecule has 2 N–H and O–H groups in total. The van der Waals surface area contributed by atoms with Crippen molar-refractivity contribution < 1.29 is 13.5 Å². The Bertz CT molecular complexity index is 645. The Kier molecular flexibility index (Phi) is 5.76. The van der Waals surface area contributed by atoms with Crippen LogP contribution >= 0.6 is 11.6 Å². The van der Waals surface area contributed by atoms with E-state index in [9.17, 15) is 8.42 Å². The van der Waals surface area contributed by atoms with Crippen LogP contribution in [0.15, 0.2) is 23.1 Å². The van der Waals surface area contributed by atoms with Gasteiger partial charge in [0, 0.05) is 12.6 Å². The van der Waals surface area contributed by atoms with E-state index in [1.54, 1.807) is 0 Å². The Hall–Kier alpha value is -1.13. The van der Waals surface area contributed by atoms with Crippen LogP contribution in [0.3, 0.4) is 0 Å². The van der Waals surface area contributed by atoms with Gasteiger partial charge in [-0.1, -0.05) is 32.4 Å². The highest BCUT2D eigenvalue weighted by Crippen LogP contribution is 2.27. The van der Waals surface area contributed by atoms with E-state index in [0.29, 0.717) is 0 Å². The summed E-state index contributed by atoms with van der Waals surface area (Å²) in [5, 5.41) is 18.0. The molecule has 0 aliphatic carbocycles. The fourth-order valence-corrected chi connectivity index (χ4v) is 3.83. The second-order valence-corrected chi connectivity index (χ2v) is 7.90. The van der Waals surface area contributed by atoms with Crippen LogP contribution in [0.2, 0.25) is 5.02 Å². The van der Waals surface area contributed by atoms with Gasteiger partial charge in [-0.05, 0) is 30.0 Å². The van der Waals surface area contributed by atoms with Crippen molar-refractivity contribution in [3.05, 3.63) is 28.8 Å². The summed E-state index contributed by atoms with van der Waals surface area (Å²) in [6.07, 6.45) is 0.290. The number of hydrogen-bond donors (Lipinski definition) is 2. The zero-order valence-electron chi connectivity index (χ0n) is 12.2. The van der Waals surface area contributed by atoms with Crippen molar-refractivity contribution in [1.82, 2.24) is 4.72 Å². The summed E-state index contributed by atoms with van der Waals surface area (Å²) in [6, 6.07) is 5.51. The molecule has 116 valence electrons. The van der Waals surface area contributed by atoms with Crippen LogP contribution in [0.25, 0.3) is 0 Å². The molecule has 0 saturated carbocycles. The predicted octanol–water partition coefficient (Wildman–Crippen LogP) is 2.29. The molecule has 0 saturated heterocycles. The summed E-state index contributed by atoms with van der Waals surface area (Å²) in [5.74, 6) is 0. The SMILES string of the molecule is CC(C)(C)C(CCO)NS(=O)(=O)c1cc(C#N)ccc1Cl. The van der Waals surface area contributed by atoms with Crippen LogP contribution in [0.1, 0.15) is 32.8 Å². The normalized spacial score (nSPS) is 13.7. The van der Waals surface area contributed by atoms with Crippen LogP contribution in [0.5, 0.6) is 0 Å². The van der Waals surface area contributed by atoms with E-state index >= 15 is 0 Å². The molecule has 7 heteroatoms. The Morgan fingerprint density at radius 1 is 1.43 bits per heavy atom. The number of benzene rings is 1. The van der Waals surface area contributed by atoms with Gasteiger partial charge >= 0.3 is 0 Å². The first-order valence-electron chi connectivity index (χ1n) is 6.44. The predicted molar refractivity (Wildman–Crippen MR) is 81.4 cm³/mol. The van der Waals surface area contributed by atoms with E-state index in [1.807, 2.05) is 26.8 Å². The van der Waals surface area contributed by atoms with Gasteiger partial charge in [0.1, 0.15) is 4.90 Å². The summed E-state index contributed by atoms with van der Waals surface area (Å²) in [4.78, 5) is -0.129. The molecule has 0 aliphatic rings. The van der Waals surface area contributed by atoms with Crippen LogP contribution < -0.4 is 4.72 Å². The molecule has 0 amide bonds. The molecule has 21 heavy (non-hydrogen) atoms. The molecule has 5 nitrogen and oxygen atoms in total. The number of rotatable bonds is 5. The monoisotopic (exact) mass is 330 g/mol. The molecule has 0 aliphatic heterocycles. The molecule has 0 aromatic heterocycles. The van der Waals surface area contributed by atoms with Gasteiger partial charge in [0.2, 0.25) is 10.0 Å². The highest BCUT2D eigenvalue weighted by atomic mass is 35.5. The highest BCUT2D eigenvalue weighted by molar-refractivity contribution is 7.89. The topological polar surface area (TPSA) is 90.2 Å². The summed E-state index contributed by atoms with van der Waals surface area (Å²) >= 11 is 5.93. The van der Waals surface area contributed by atoms with Gasteiger partial charge in [-0.15, -0.1) is 0 Å². The van der Waals surface area contributed by atoms with E-state index in [2.05, 4.69) is 4.72 Å². The van der Waals surface area contributed by atoms with Crippen molar-refractivity contribution in [3.63, 3.8) is 0 Å². The lowest BCUT2D eigenvalue weighted by Gasteiger charge is -2.31. The van der Waals surface area contributed by atoms with Crippen molar-refractivity contribution in [3.8, 4) is 6.07 Å². The number of sulfonamides is 1. The Balaban J connectivity index is 3.20. The maximum Gasteiger partial charge on any atom is 0.242 e. The van der Waals surface area contributed by atoms with Crippen molar-refractivity contribution in [1.29, 1.82) is 5.26 Å². The molecule has 0 radical (unpaired) electrons. The lowest BCUT2D eigenvalue weighted by molar-refractivity contribution is 0.214. The van der Waals surface area contributed by atoms with Crippen LogP contribution in [0.4, 0.5) is 0 Å². The second kappa shape index (κ2) is 6.75. The maximum absolute atomic E-state index is 12.5. The smallest absolute Gasteiger partial charge is 0.242 e. The molecular weight excluding hydrogens is 312 g/mol. The van der Waals surface area contributed by atoms with Crippen LogP contribution in [-0.2, 0) is 10.0 Å². The number of nitrogens with one attached hydrogen (secondary N) is 1. The molecule has 1 aromatic rings. The molecule has 1 aromatic carbocycles. The Morgan fingerprint density at radius 3 is 2.52 bits per heavy atom. The number of hydrogen-bond acceptors (Lipinski definition) is 4. The zero-order chi connectivity index (χ0) is 16.3. The summed E-state index contributed by atoms with van der Waals surface area (Å²) in [7, 11) is -3.87. The van der Waals surface area contributed by atoms with Gasteiger partial charge in [0.25, 0.3) is 0 Å². The minimum atomic E-state index is -3.87. The van der Waals surface area contributed by atoms with Crippen LogP contribution in [0, 0.1) is 16.7 Å². The third kappa shape index (κ3) is 4.68. The van der Waals surface area contributed by atoms with E-state index in [4.69, 9.17) is 22.0 Å². The van der Waals surface area contributed by atoms with Gasteiger partial charge in [0.15, 0.2) is 0 Å². The Labute approximate surface area is 130 Å². The highest BCUT2D eigenvalue weighted by Gasteiger charge is 2.30. The van der Waals surface area contributed by atoms with Crippen molar-refractivity contribution >= 4 is 21.6 Å². The number of nitriles is 1. The number of aliphatic hydroxyl groups is 1. The lowest BCUT2D eigenvalue weighted by atomic mass is 9.86. The van der Waals surface area contributed by atoms with Gasteiger partial charge < -0.3 is 5.11 Å². The molecule has 1 rings (SSSR count). The quantitative estimate of drug-likeness (QED) is 0.866. The number of aliphatic hydroxyl groups excluding tert-OH is 1. The molecule has 0 bridgehead atoms. The van der Waals surface area contributed by atoms with E-state index in [-0.39, 0.29) is 33.9 Å². The standard InChI is InChI=1S/C14H19ClN2O3S/c1-14(2,3)13(6-7-18)17-21(19,20)12-8-10(9-16)4-5-11(12)15/h4-5,8,13,17-18H,6-7H2,1-3H3. The molecule has 1 atom stereocenters. The maximum atomic E-state index is 12.5. The van der Waals surface area contributed by atoms with Crippen molar-refractivity contribution in [2.24, 2.45) is 5.41 Å². The third-order valence-corrected chi connectivity index (χ3v) is 5.06. The lowest BCUT2D eigenvalue weighted by Crippen LogP contribution is -2.44. The average molecular weight is 331 g/mol. The first-order chi connectivity index (χ1) is 9.61. The van der Waals surface area contributed by atoms with E-state index in [1.165, 1.54) is 18.2 Å². The molecule has 1 unspecified atom stereocenters. The molecule has 0 fully saturated rings. The summed E-state index contributed by atoms with van der Waals surface area (Å²) in [6.45, 7) is 5.51. The second-order valence-electron chi connectivity index (χ2n) is 5.81. The van der Waals surface area contributed by atoms with E-state index < -0.39 is 16.1 Å². The summed E-state index contributed by atoms with van der Waals surface area (Å²) < 4.78 is 27.5. The third-order valence-electron chi connectivity index (χ3n) is 3.11. The summed E-state index contributed by atoms with van der Waals surface area (Å²) in [5.41, 5.74) is -0.149. The van der Waals surface area contributed by atoms with Gasteiger partial charge in [0.05, 0.1) is 16.7 Å². The Morgan fingerprint density at radius 2 is 2.05 bits per heavy atom. The molecular formula is C14H19ClN2O3S. The number of halogens is 1. The first-order valence-corrected chi connectivity index (χ1v) is 8.31. The average Bonchev–Trinajstić information content (AvgIpc) is 2.37. The van der Waals surface area contributed by atoms with Crippen molar-refractivity contribution in [2.45, 2.75) is 38.1 Å². The fourth-order valence-electron chi connectivity index (χ4n) is 1.83. The van der Waals surface area contributed by atoms with Gasteiger partial charge in [-0.3, -0.25) is 0 Å². The molecule has 0 heterocycles. The van der Waals surface area contributed by atoms with Gasteiger partial charge in [-0.25, -0.2) is 13.1 Å². The minimum Gasteiger partial charge on any atom is -0.396 e. The molecule has 0 spiro atoms. The first kappa shape index (κ1) is 17.9. The number of nitrogens with zero attached hydrogens (tertiary/aromatic N) is 1. The van der Waals surface area contributed by atoms with Crippen LogP contribution in [-0.4, -0.2) is 26.2 Å². The van der Waals surface area contributed by atoms with E-state index in [0.717, 1.165) is 0 Å². The zero-order valence-corrected chi connectivity index (χ0v) is 13.8. The van der Waals surface area contributed by atoms with Gasteiger partial charge in [-0.2, -0.15) is 5.26 Å². The minimum absolute atomic E-state index is 0.0538. The largest absolute Gasteiger partial charge is 0.396 e. The van der Waals surface area contributed by atoms with Crippen molar-refractivity contribution in [2.75, 3.05) is 6.61 Å². The fraction of sp³-hybridized carbons (Fsp3) is 0.500.